The van der Waals surface area contributed by atoms with Crippen LogP contribution in [0.5, 0.6) is 0 Å². The quantitative estimate of drug-likeness (QED) is 0.936. The third-order valence-corrected chi connectivity index (χ3v) is 3.21. The largest absolute Gasteiger partial charge is 0.477 e. The summed E-state index contributed by atoms with van der Waals surface area (Å²) in [6.07, 6.45) is 2.05. The zero-order chi connectivity index (χ0) is 14.9. The maximum Gasteiger partial charge on any atom is 0.341 e. The zero-order valence-electron chi connectivity index (χ0n) is 11.2. The van der Waals surface area contributed by atoms with E-state index in [1.807, 2.05) is 0 Å². The lowest BCUT2D eigenvalue weighted by molar-refractivity contribution is 0.0693. The Morgan fingerprint density at radius 2 is 1.90 bits per heavy atom. The second-order valence-corrected chi connectivity index (χ2v) is 4.48. The molecule has 20 heavy (non-hydrogen) atoms. The van der Waals surface area contributed by atoms with Gasteiger partial charge in [-0.15, -0.1) is 0 Å². The van der Waals surface area contributed by atoms with Crippen molar-refractivity contribution in [3.05, 3.63) is 63.3 Å². The van der Waals surface area contributed by atoms with Crippen LogP contribution in [0.15, 0.2) is 35.3 Å². The Kier molecular flexibility index (Phi) is 3.70. The lowest BCUT2D eigenvalue weighted by Gasteiger charge is -2.13. The lowest BCUT2D eigenvalue weighted by Crippen LogP contribution is -2.27. The highest BCUT2D eigenvalue weighted by molar-refractivity contribution is 5.89. The average Bonchev–Trinajstić information content (AvgIpc) is 2.41. The minimum atomic E-state index is -1.24. The maximum absolute atomic E-state index is 12.9. The number of nitrogens with zero attached hydrogens (tertiary/aromatic N) is 1. The maximum atomic E-state index is 12.9. The van der Waals surface area contributed by atoms with Crippen molar-refractivity contribution in [2.24, 2.45) is 0 Å². The van der Waals surface area contributed by atoms with Crippen LogP contribution in [0, 0.1) is 12.7 Å². The molecule has 1 aromatic heterocycles. The van der Waals surface area contributed by atoms with Gasteiger partial charge in [0.1, 0.15) is 11.4 Å². The Bertz CT molecular complexity index is 717. The summed E-state index contributed by atoms with van der Waals surface area (Å²) in [6, 6.07) is 5.33. The van der Waals surface area contributed by atoms with Gasteiger partial charge >= 0.3 is 5.97 Å². The summed E-state index contributed by atoms with van der Waals surface area (Å²) in [6.45, 7) is 3.56. The highest BCUT2D eigenvalue weighted by Gasteiger charge is 2.19. The minimum Gasteiger partial charge on any atom is -0.477 e. The van der Waals surface area contributed by atoms with Crippen LogP contribution in [0.25, 0.3) is 5.69 Å². The fourth-order valence-corrected chi connectivity index (χ4v) is 2.25. The van der Waals surface area contributed by atoms with Gasteiger partial charge in [-0.3, -0.25) is 9.36 Å². The molecule has 0 aliphatic heterocycles. The number of aryl methyl sites for hydroxylation is 1. The minimum absolute atomic E-state index is 0.225. The number of rotatable bonds is 3. The second kappa shape index (κ2) is 5.28. The van der Waals surface area contributed by atoms with E-state index in [2.05, 4.69) is 0 Å². The number of carboxylic acids is 1. The number of hydrogen-bond donors (Lipinski definition) is 1. The van der Waals surface area contributed by atoms with Crippen molar-refractivity contribution in [2.45, 2.75) is 20.3 Å². The number of carboxylic acid groups (broad SMARTS) is 1. The average molecular weight is 275 g/mol. The number of benzene rings is 1. The standard InChI is InChI=1S/C15H14FNO3/c1-3-12-9(2)8-17(14(18)13(12)15(19)20)11-6-4-10(16)5-7-11/h4-8H,3H2,1-2H3,(H,19,20). The third-order valence-electron chi connectivity index (χ3n) is 3.21. The molecule has 1 N–H and O–H groups in total. The van der Waals surface area contributed by atoms with Gasteiger partial charge in [0, 0.05) is 11.9 Å². The van der Waals surface area contributed by atoms with Gasteiger partial charge in [0.2, 0.25) is 0 Å². The van der Waals surface area contributed by atoms with Crippen LogP contribution in [0.2, 0.25) is 0 Å². The van der Waals surface area contributed by atoms with Crippen molar-refractivity contribution in [1.29, 1.82) is 0 Å². The van der Waals surface area contributed by atoms with E-state index < -0.39 is 17.3 Å². The van der Waals surface area contributed by atoms with Crippen molar-refractivity contribution in [2.75, 3.05) is 0 Å². The SMILES string of the molecule is CCc1c(C)cn(-c2ccc(F)cc2)c(=O)c1C(=O)O. The lowest BCUT2D eigenvalue weighted by atomic mass is 10.0. The van der Waals surface area contributed by atoms with Gasteiger partial charge in [-0.05, 0) is 48.7 Å². The van der Waals surface area contributed by atoms with Gasteiger partial charge < -0.3 is 5.11 Å². The highest BCUT2D eigenvalue weighted by atomic mass is 19.1. The molecule has 0 amide bonds. The number of aromatic nitrogens is 1. The first kappa shape index (κ1) is 14.0. The summed E-state index contributed by atoms with van der Waals surface area (Å²) in [4.78, 5) is 23.6. The van der Waals surface area contributed by atoms with Gasteiger partial charge in [0.15, 0.2) is 0 Å². The summed E-state index contributed by atoms with van der Waals surface area (Å²) in [5, 5.41) is 9.24. The number of hydrogen-bond acceptors (Lipinski definition) is 2. The van der Waals surface area contributed by atoms with Crippen molar-refractivity contribution < 1.29 is 14.3 Å². The fraction of sp³-hybridized carbons (Fsp3) is 0.200. The molecular weight excluding hydrogens is 261 g/mol. The Hall–Kier alpha value is -2.43. The smallest absolute Gasteiger partial charge is 0.341 e. The van der Waals surface area contributed by atoms with Crippen molar-refractivity contribution >= 4 is 5.97 Å². The van der Waals surface area contributed by atoms with E-state index >= 15 is 0 Å². The van der Waals surface area contributed by atoms with E-state index in [1.54, 1.807) is 20.0 Å². The summed E-state index contributed by atoms with van der Waals surface area (Å²) in [5.41, 5.74) is 0.850. The molecule has 0 fully saturated rings. The molecule has 0 saturated heterocycles. The molecule has 0 radical (unpaired) electrons. The summed E-state index contributed by atoms with van der Waals surface area (Å²) in [5.74, 6) is -1.66. The van der Waals surface area contributed by atoms with Crippen LogP contribution in [-0.2, 0) is 6.42 Å². The number of aromatic carboxylic acids is 1. The molecule has 0 atom stereocenters. The third kappa shape index (κ3) is 2.34. The molecular formula is C15H14FNO3. The fourth-order valence-electron chi connectivity index (χ4n) is 2.25. The van der Waals surface area contributed by atoms with Crippen LogP contribution in [0.4, 0.5) is 4.39 Å². The molecule has 0 unspecified atom stereocenters. The zero-order valence-corrected chi connectivity index (χ0v) is 11.2. The first-order valence-electron chi connectivity index (χ1n) is 6.20. The van der Waals surface area contributed by atoms with Crippen molar-refractivity contribution in [1.82, 2.24) is 4.57 Å². The monoisotopic (exact) mass is 275 g/mol. The topological polar surface area (TPSA) is 59.3 Å². The normalized spacial score (nSPS) is 10.6. The molecule has 0 aliphatic rings. The molecule has 1 aromatic carbocycles. The predicted octanol–water partition coefficient (Wildman–Crippen LogP) is 2.55. The van der Waals surface area contributed by atoms with Gasteiger partial charge in [0.05, 0.1) is 0 Å². The van der Waals surface area contributed by atoms with E-state index in [1.165, 1.54) is 28.8 Å². The first-order valence-corrected chi connectivity index (χ1v) is 6.20. The van der Waals surface area contributed by atoms with E-state index in [4.69, 9.17) is 0 Å². The van der Waals surface area contributed by atoms with Crippen LogP contribution >= 0.6 is 0 Å². The second-order valence-electron chi connectivity index (χ2n) is 4.48. The van der Waals surface area contributed by atoms with Crippen molar-refractivity contribution in [3.63, 3.8) is 0 Å². The summed E-state index contributed by atoms with van der Waals surface area (Å²) >= 11 is 0. The molecule has 0 bridgehead atoms. The molecule has 0 saturated carbocycles. The van der Waals surface area contributed by atoms with Crippen LogP contribution in [-0.4, -0.2) is 15.6 Å². The summed E-state index contributed by atoms with van der Waals surface area (Å²) < 4.78 is 14.2. The van der Waals surface area contributed by atoms with E-state index in [0.29, 0.717) is 23.2 Å². The molecule has 104 valence electrons. The summed E-state index contributed by atoms with van der Waals surface area (Å²) in [7, 11) is 0. The molecule has 0 aliphatic carbocycles. The van der Waals surface area contributed by atoms with Crippen LogP contribution in [0.3, 0.4) is 0 Å². The Balaban J connectivity index is 2.76. The van der Waals surface area contributed by atoms with Gasteiger partial charge in [-0.25, -0.2) is 9.18 Å². The van der Waals surface area contributed by atoms with Crippen LogP contribution in [0.1, 0.15) is 28.4 Å². The Morgan fingerprint density at radius 1 is 1.30 bits per heavy atom. The molecule has 5 heteroatoms. The van der Waals surface area contributed by atoms with Gasteiger partial charge in [-0.1, -0.05) is 6.92 Å². The van der Waals surface area contributed by atoms with E-state index in [-0.39, 0.29) is 5.56 Å². The van der Waals surface area contributed by atoms with E-state index in [0.717, 1.165) is 0 Å². The van der Waals surface area contributed by atoms with E-state index in [9.17, 15) is 19.1 Å². The molecule has 2 rings (SSSR count). The molecule has 4 nitrogen and oxygen atoms in total. The van der Waals surface area contributed by atoms with Crippen LogP contribution < -0.4 is 5.56 Å². The number of halogens is 1. The number of pyridine rings is 1. The highest BCUT2D eigenvalue weighted by Crippen LogP contribution is 2.15. The molecule has 1 heterocycles. The molecule has 2 aromatic rings. The van der Waals surface area contributed by atoms with Crippen molar-refractivity contribution in [3.8, 4) is 5.69 Å². The molecule has 0 spiro atoms. The van der Waals surface area contributed by atoms with Gasteiger partial charge in [-0.2, -0.15) is 0 Å². The van der Waals surface area contributed by atoms with Gasteiger partial charge in [0.25, 0.3) is 5.56 Å². The number of carbonyl (C=O) groups is 1. The Morgan fingerprint density at radius 3 is 2.40 bits per heavy atom. The Labute approximate surface area is 115 Å². The first-order chi connectivity index (χ1) is 9.45. The predicted molar refractivity (Wildman–Crippen MR) is 73.1 cm³/mol.